The maximum absolute atomic E-state index is 12.5. The van der Waals surface area contributed by atoms with Gasteiger partial charge in [0.2, 0.25) is 5.95 Å². The SMILES string of the molecule is Cc1cccc(OCC(O)Cn2c(N)nc3c2c(=O)n(C)c(=O)n3C)c1. The minimum atomic E-state index is -0.919. The molecule has 3 N–H and O–H groups in total. The molecule has 3 aromatic rings. The molecule has 9 heteroatoms. The number of aliphatic hydroxyl groups excluding tert-OH is 1. The first-order chi connectivity index (χ1) is 12.3. The molecule has 9 nitrogen and oxygen atoms in total. The fraction of sp³-hybridized carbons (Fsp3) is 0.353. The minimum absolute atomic E-state index is 0.0155. The summed E-state index contributed by atoms with van der Waals surface area (Å²) in [5, 5.41) is 10.3. The number of hydrogen-bond donors (Lipinski definition) is 2. The molecule has 0 aliphatic rings. The van der Waals surface area contributed by atoms with Gasteiger partial charge >= 0.3 is 5.69 Å². The molecule has 0 bridgehead atoms. The summed E-state index contributed by atoms with van der Waals surface area (Å²) in [6.45, 7) is 1.98. The van der Waals surface area contributed by atoms with Gasteiger partial charge in [0.15, 0.2) is 11.2 Å². The number of nitrogen functional groups attached to an aromatic ring is 1. The van der Waals surface area contributed by atoms with Crippen molar-refractivity contribution in [3.05, 3.63) is 50.7 Å². The van der Waals surface area contributed by atoms with Crippen molar-refractivity contribution in [3.63, 3.8) is 0 Å². The lowest BCUT2D eigenvalue weighted by Crippen LogP contribution is -2.38. The number of rotatable bonds is 5. The van der Waals surface area contributed by atoms with Gasteiger partial charge in [-0.3, -0.25) is 13.9 Å². The highest BCUT2D eigenvalue weighted by Crippen LogP contribution is 2.15. The summed E-state index contributed by atoms with van der Waals surface area (Å²) in [6.07, 6.45) is -0.919. The van der Waals surface area contributed by atoms with E-state index in [9.17, 15) is 14.7 Å². The molecule has 138 valence electrons. The van der Waals surface area contributed by atoms with Crippen molar-refractivity contribution >= 4 is 17.1 Å². The number of imidazole rings is 1. The number of aliphatic hydroxyl groups is 1. The van der Waals surface area contributed by atoms with Crippen LogP contribution < -0.4 is 21.7 Å². The largest absolute Gasteiger partial charge is 0.491 e. The van der Waals surface area contributed by atoms with Crippen molar-refractivity contribution in [2.24, 2.45) is 14.1 Å². The summed E-state index contributed by atoms with van der Waals surface area (Å²) >= 11 is 0. The zero-order chi connectivity index (χ0) is 19.0. The summed E-state index contributed by atoms with van der Waals surface area (Å²) in [6, 6.07) is 7.47. The first-order valence-electron chi connectivity index (χ1n) is 8.09. The smallest absolute Gasteiger partial charge is 0.332 e. The van der Waals surface area contributed by atoms with E-state index in [1.165, 1.54) is 23.2 Å². The Hall–Kier alpha value is -3.07. The number of hydrogen-bond acceptors (Lipinski definition) is 6. The van der Waals surface area contributed by atoms with Gasteiger partial charge in [-0.2, -0.15) is 4.98 Å². The van der Waals surface area contributed by atoms with Crippen molar-refractivity contribution in [1.82, 2.24) is 18.7 Å². The van der Waals surface area contributed by atoms with Gasteiger partial charge in [0, 0.05) is 14.1 Å². The zero-order valence-electron chi connectivity index (χ0n) is 14.8. The molecule has 26 heavy (non-hydrogen) atoms. The second-order valence-corrected chi connectivity index (χ2v) is 6.24. The molecule has 0 fully saturated rings. The maximum Gasteiger partial charge on any atom is 0.332 e. The van der Waals surface area contributed by atoms with Gasteiger partial charge in [0.1, 0.15) is 18.5 Å². The van der Waals surface area contributed by atoms with Gasteiger partial charge in [-0.05, 0) is 24.6 Å². The number of aryl methyl sites for hydroxylation is 2. The Bertz CT molecular complexity index is 1080. The molecule has 1 atom stereocenters. The topological polar surface area (TPSA) is 117 Å². The van der Waals surface area contributed by atoms with Crippen LogP contribution in [0.3, 0.4) is 0 Å². The molecule has 0 aliphatic carbocycles. The highest BCUT2D eigenvalue weighted by Gasteiger charge is 2.19. The number of benzene rings is 1. The van der Waals surface area contributed by atoms with Gasteiger partial charge in [0.05, 0.1) is 6.54 Å². The minimum Gasteiger partial charge on any atom is -0.491 e. The van der Waals surface area contributed by atoms with Crippen LogP contribution in [0.15, 0.2) is 33.9 Å². The van der Waals surface area contributed by atoms with Crippen LogP contribution >= 0.6 is 0 Å². The van der Waals surface area contributed by atoms with E-state index in [0.29, 0.717) is 5.75 Å². The Morgan fingerprint density at radius 3 is 2.69 bits per heavy atom. The third-order valence-electron chi connectivity index (χ3n) is 4.20. The Kier molecular flexibility index (Phi) is 4.56. The Morgan fingerprint density at radius 2 is 2.00 bits per heavy atom. The molecule has 0 radical (unpaired) electrons. The quantitative estimate of drug-likeness (QED) is 0.649. The molecule has 3 rings (SSSR count). The van der Waals surface area contributed by atoms with Crippen LogP contribution in [0.25, 0.3) is 11.2 Å². The lowest BCUT2D eigenvalue weighted by atomic mass is 10.2. The van der Waals surface area contributed by atoms with Crippen molar-refractivity contribution in [1.29, 1.82) is 0 Å². The van der Waals surface area contributed by atoms with E-state index in [0.717, 1.165) is 10.1 Å². The number of anilines is 1. The van der Waals surface area contributed by atoms with Crippen molar-refractivity contribution in [3.8, 4) is 5.75 Å². The molecule has 0 amide bonds. The normalized spacial score (nSPS) is 12.5. The lowest BCUT2D eigenvalue weighted by Gasteiger charge is -2.14. The summed E-state index contributed by atoms with van der Waals surface area (Å²) in [4.78, 5) is 28.6. The van der Waals surface area contributed by atoms with E-state index in [1.54, 1.807) is 6.07 Å². The average Bonchev–Trinajstić information content (AvgIpc) is 2.93. The predicted molar refractivity (Wildman–Crippen MR) is 97.3 cm³/mol. The van der Waals surface area contributed by atoms with Crippen LogP contribution in [0, 0.1) is 6.92 Å². The van der Waals surface area contributed by atoms with E-state index in [-0.39, 0.29) is 30.3 Å². The van der Waals surface area contributed by atoms with E-state index >= 15 is 0 Å². The highest BCUT2D eigenvalue weighted by atomic mass is 16.5. The van der Waals surface area contributed by atoms with E-state index in [2.05, 4.69) is 4.98 Å². The molecule has 1 unspecified atom stereocenters. The fourth-order valence-electron chi connectivity index (χ4n) is 2.81. The summed E-state index contributed by atoms with van der Waals surface area (Å²) < 4.78 is 9.22. The molecule has 0 saturated heterocycles. The maximum atomic E-state index is 12.5. The molecule has 2 heterocycles. The summed E-state index contributed by atoms with van der Waals surface area (Å²) in [5.41, 5.74) is 6.30. The standard InChI is InChI=1S/C17H21N5O4/c1-10-5-4-6-12(7-10)26-9-11(23)8-22-13-14(19-16(22)18)20(2)17(25)21(3)15(13)24/h4-7,11,23H,8-9H2,1-3H3,(H2,18,19). The first-order valence-corrected chi connectivity index (χ1v) is 8.09. The second-order valence-electron chi connectivity index (χ2n) is 6.24. The zero-order valence-corrected chi connectivity index (χ0v) is 14.8. The molecule has 1 aromatic carbocycles. The van der Waals surface area contributed by atoms with Gasteiger partial charge in [-0.1, -0.05) is 12.1 Å². The molecule has 0 aliphatic heterocycles. The van der Waals surface area contributed by atoms with E-state index in [4.69, 9.17) is 10.5 Å². The number of nitrogens with two attached hydrogens (primary N) is 1. The van der Waals surface area contributed by atoms with Crippen LogP contribution in [-0.2, 0) is 20.6 Å². The van der Waals surface area contributed by atoms with Crippen LogP contribution in [-0.4, -0.2) is 36.5 Å². The molecular weight excluding hydrogens is 338 g/mol. The third kappa shape index (κ3) is 3.08. The van der Waals surface area contributed by atoms with Crippen LogP contribution in [0.1, 0.15) is 5.56 Å². The molecular formula is C17H21N5O4. The van der Waals surface area contributed by atoms with Crippen LogP contribution in [0.5, 0.6) is 5.75 Å². The first kappa shape index (κ1) is 17.7. The van der Waals surface area contributed by atoms with Crippen molar-refractivity contribution in [2.75, 3.05) is 12.3 Å². The van der Waals surface area contributed by atoms with Crippen LogP contribution in [0.4, 0.5) is 5.95 Å². The molecule has 0 spiro atoms. The van der Waals surface area contributed by atoms with Crippen molar-refractivity contribution < 1.29 is 9.84 Å². The van der Waals surface area contributed by atoms with Crippen molar-refractivity contribution in [2.45, 2.75) is 19.6 Å². The molecule has 0 saturated carbocycles. The number of aromatic nitrogens is 4. The third-order valence-corrected chi connectivity index (χ3v) is 4.20. The van der Waals surface area contributed by atoms with E-state index in [1.807, 2.05) is 25.1 Å². The van der Waals surface area contributed by atoms with Gasteiger partial charge in [-0.25, -0.2) is 4.79 Å². The lowest BCUT2D eigenvalue weighted by molar-refractivity contribution is 0.0938. The Labute approximate surface area is 148 Å². The van der Waals surface area contributed by atoms with E-state index < -0.39 is 17.4 Å². The number of ether oxygens (including phenoxy) is 1. The Morgan fingerprint density at radius 1 is 1.27 bits per heavy atom. The average molecular weight is 359 g/mol. The van der Waals surface area contributed by atoms with Gasteiger partial charge in [-0.15, -0.1) is 0 Å². The number of fused-ring (bicyclic) bond motifs is 1. The Balaban J connectivity index is 1.88. The number of nitrogens with zero attached hydrogens (tertiary/aromatic N) is 4. The van der Waals surface area contributed by atoms with Gasteiger partial charge < -0.3 is 20.1 Å². The summed E-state index contributed by atoms with van der Waals surface area (Å²) in [5.74, 6) is 0.693. The van der Waals surface area contributed by atoms with Gasteiger partial charge in [0.25, 0.3) is 5.56 Å². The second kappa shape index (κ2) is 6.68. The highest BCUT2D eigenvalue weighted by molar-refractivity contribution is 5.73. The molecule has 2 aromatic heterocycles. The monoisotopic (exact) mass is 359 g/mol. The van der Waals surface area contributed by atoms with Crippen LogP contribution in [0.2, 0.25) is 0 Å². The summed E-state index contributed by atoms with van der Waals surface area (Å²) in [7, 11) is 2.90. The fourth-order valence-corrected chi connectivity index (χ4v) is 2.81. The predicted octanol–water partition coefficient (Wildman–Crippen LogP) is -0.236.